The van der Waals surface area contributed by atoms with Gasteiger partial charge < -0.3 is 9.90 Å². The molecule has 1 aromatic carbocycles. The molecule has 0 saturated carbocycles. The van der Waals surface area contributed by atoms with E-state index in [1.807, 2.05) is 0 Å². The lowest BCUT2D eigenvalue weighted by Crippen LogP contribution is -2.62. The maximum atomic E-state index is 11.5. The van der Waals surface area contributed by atoms with Gasteiger partial charge in [-0.1, -0.05) is 18.2 Å². The van der Waals surface area contributed by atoms with Gasteiger partial charge in [-0.2, -0.15) is 14.6 Å². The van der Waals surface area contributed by atoms with Crippen LogP contribution in [0.1, 0.15) is 0 Å². The number of para-hydroxylation sites is 2. The molecule has 1 aliphatic rings. The number of benzene rings is 1. The molecule has 0 saturated heterocycles. The zero-order valence-corrected chi connectivity index (χ0v) is 9.35. The molecule has 0 fully saturated rings. The van der Waals surface area contributed by atoms with Crippen molar-refractivity contribution >= 4 is 5.97 Å². The highest BCUT2D eigenvalue weighted by molar-refractivity contribution is 5.72. The smallest absolute Gasteiger partial charge is 0.404 e. The molecule has 0 amide bonds. The number of aromatic nitrogens is 1. The van der Waals surface area contributed by atoms with Crippen molar-refractivity contribution in [2.75, 3.05) is 0 Å². The monoisotopic (exact) mass is 239 g/mol. The maximum Gasteiger partial charge on any atom is 0.404 e. The van der Waals surface area contributed by atoms with Gasteiger partial charge in [0.15, 0.2) is 18.4 Å². The quantitative estimate of drug-likeness (QED) is 0.585. The molecule has 0 aliphatic carbocycles. The number of fused-ring (bicyclic) bond motifs is 1. The number of carboxylic acid groups (broad SMARTS) is 1. The van der Waals surface area contributed by atoms with Gasteiger partial charge in [0.2, 0.25) is 0 Å². The molecular weight excluding hydrogens is 230 g/mol. The Morgan fingerprint density at radius 3 is 2.06 bits per heavy atom. The lowest BCUT2D eigenvalue weighted by Gasteiger charge is -2.17. The van der Waals surface area contributed by atoms with Crippen LogP contribution in [0.15, 0.2) is 64.8 Å². The molecule has 1 aliphatic heterocycles. The first-order chi connectivity index (χ1) is 8.72. The fourth-order valence-corrected chi connectivity index (χ4v) is 1.93. The number of hydrogen-bond acceptors (Lipinski definition) is 4. The van der Waals surface area contributed by atoms with Crippen LogP contribution in [-0.2, 0) is 10.6 Å². The van der Waals surface area contributed by atoms with Crippen LogP contribution in [0.3, 0.4) is 0 Å². The van der Waals surface area contributed by atoms with Crippen LogP contribution in [0.25, 0.3) is 0 Å². The Balaban J connectivity index is 2.30. The van der Waals surface area contributed by atoms with Crippen LogP contribution in [-0.4, -0.2) is 5.97 Å². The molecule has 0 spiro atoms. The first kappa shape index (κ1) is 10.6. The van der Waals surface area contributed by atoms with Crippen molar-refractivity contribution < 1.29 is 14.5 Å². The molecule has 5 nitrogen and oxygen atoms in total. The number of carbonyl (C=O) groups is 1. The van der Waals surface area contributed by atoms with Crippen molar-refractivity contribution in [1.82, 2.24) is 0 Å². The normalized spacial score (nSPS) is 15.3. The van der Waals surface area contributed by atoms with Crippen molar-refractivity contribution in [3.8, 4) is 0 Å². The second-order valence-electron chi connectivity index (χ2n) is 3.92. The zero-order chi connectivity index (χ0) is 12.6. The van der Waals surface area contributed by atoms with Gasteiger partial charge in [0.1, 0.15) is 0 Å². The van der Waals surface area contributed by atoms with E-state index in [1.165, 1.54) is 4.57 Å². The third-order valence-electron chi connectivity index (χ3n) is 2.78. The largest absolute Gasteiger partial charge is 0.540 e. The Morgan fingerprint density at radius 2 is 1.56 bits per heavy atom. The minimum atomic E-state index is -1.73. The zero-order valence-electron chi connectivity index (χ0n) is 9.35. The summed E-state index contributed by atoms with van der Waals surface area (Å²) in [5.41, 5.74) is 0. The summed E-state index contributed by atoms with van der Waals surface area (Å²) < 4.78 is 1.42. The van der Waals surface area contributed by atoms with Crippen LogP contribution in [0, 0.1) is 0 Å². The third kappa shape index (κ3) is 1.41. The molecule has 18 heavy (non-hydrogen) atoms. The lowest BCUT2D eigenvalue weighted by molar-refractivity contribution is -0.753. The molecule has 88 valence electrons. The number of nitrogens with zero attached hydrogens (tertiary/aromatic N) is 3. The van der Waals surface area contributed by atoms with Crippen molar-refractivity contribution in [3.63, 3.8) is 0 Å². The predicted molar refractivity (Wildman–Crippen MR) is 58.4 cm³/mol. The lowest BCUT2D eigenvalue weighted by atomic mass is 10.3. The molecule has 2 aromatic rings. The van der Waals surface area contributed by atoms with E-state index in [2.05, 4.69) is 9.98 Å². The average molecular weight is 239 g/mol. The number of carboxylic acids is 1. The van der Waals surface area contributed by atoms with Crippen LogP contribution in [0.5, 0.6) is 0 Å². The molecule has 0 N–H and O–H groups in total. The number of hydrogen-bond donors (Lipinski definition) is 0. The van der Waals surface area contributed by atoms with Gasteiger partial charge >= 0.3 is 5.79 Å². The Bertz CT molecular complexity index is 690. The number of carbonyl (C=O) groups excluding carboxylic acids is 1. The van der Waals surface area contributed by atoms with E-state index in [-0.39, 0.29) is 0 Å². The van der Waals surface area contributed by atoms with Crippen molar-refractivity contribution in [3.05, 3.63) is 65.6 Å². The molecule has 1 aromatic heterocycles. The Labute approximate surface area is 102 Å². The van der Waals surface area contributed by atoms with Gasteiger partial charge in [-0.15, -0.1) is 0 Å². The van der Waals surface area contributed by atoms with E-state index in [0.717, 1.165) is 0 Å². The Hall–Kier alpha value is -2.56. The highest BCUT2D eigenvalue weighted by atomic mass is 16.4. The first-order valence-corrected chi connectivity index (χ1v) is 5.45. The summed E-state index contributed by atoms with van der Waals surface area (Å²) in [5.74, 6) is -3.08. The molecule has 0 unspecified atom stereocenters. The fourth-order valence-electron chi connectivity index (χ4n) is 1.93. The van der Waals surface area contributed by atoms with E-state index in [0.29, 0.717) is 10.7 Å². The van der Waals surface area contributed by atoms with Crippen LogP contribution in [0.4, 0.5) is 0 Å². The Morgan fingerprint density at radius 1 is 1.00 bits per heavy atom. The summed E-state index contributed by atoms with van der Waals surface area (Å²) in [6.45, 7) is 0. The van der Waals surface area contributed by atoms with Crippen molar-refractivity contribution in [2.24, 2.45) is 9.98 Å². The summed E-state index contributed by atoms with van der Waals surface area (Å²) in [4.78, 5) is 19.8. The highest BCUT2D eigenvalue weighted by Crippen LogP contribution is 2.12. The molecular formula is C13H9N3O2. The second-order valence-corrected chi connectivity index (χ2v) is 3.92. The van der Waals surface area contributed by atoms with Crippen molar-refractivity contribution in [2.45, 2.75) is 5.79 Å². The summed E-state index contributed by atoms with van der Waals surface area (Å²) in [5, 5.41) is 12.6. The molecule has 0 radical (unpaired) electrons. The molecule has 0 bridgehead atoms. The van der Waals surface area contributed by atoms with E-state index < -0.39 is 11.8 Å². The summed E-state index contributed by atoms with van der Waals surface area (Å²) in [7, 11) is 0. The maximum absolute atomic E-state index is 11.5. The SMILES string of the molecule is O=C([O-])C1([n+]2ccccc2)N=c2ccccc2=N1. The van der Waals surface area contributed by atoms with E-state index in [4.69, 9.17) is 0 Å². The van der Waals surface area contributed by atoms with Crippen LogP contribution < -0.4 is 20.4 Å². The minimum absolute atomic E-state index is 0.554. The van der Waals surface area contributed by atoms with Crippen LogP contribution in [0.2, 0.25) is 0 Å². The van der Waals surface area contributed by atoms with Gasteiger partial charge in [-0.3, -0.25) is 0 Å². The van der Waals surface area contributed by atoms with E-state index >= 15 is 0 Å². The van der Waals surface area contributed by atoms with Gasteiger partial charge in [0.05, 0.1) is 10.7 Å². The standard InChI is InChI=1S/C13H9N3O2/c17-12(18)13(16-8-4-1-5-9-16)14-10-6-2-3-7-11(10)15-13/h1-9H. The van der Waals surface area contributed by atoms with E-state index in [9.17, 15) is 9.90 Å². The summed E-state index contributed by atoms with van der Waals surface area (Å²) in [6.07, 6.45) is 3.21. The molecule has 0 atom stereocenters. The van der Waals surface area contributed by atoms with Gasteiger partial charge in [-0.05, 0) is 12.1 Å². The molecule has 5 heteroatoms. The topological polar surface area (TPSA) is 68.7 Å². The van der Waals surface area contributed by atoms with Gasteiger partial charge in [0.25, 0.3) is 0 Å². The number of pyridine rings is 1. The van der Waals surface area contributed by atoms with E-state index in [1.54, 1.807) is 54.9 Å². The van der Waals surface area contributed by atoms with Crippen LogP contribution >= 0.6 is 0 Å². The average Bonchev–Trinajstić information content (AvgIpc) is 2.80. The summed E-state index contributed by atoms with van der Waals surface area (Å²) >= 11 is 0. The highest BCUT2D eigenvalue weighted by Gasteiger charge is 2.43. The number of rotatable bonds is 2. The Kier molecular flexibility index (Phi) is 2.19. The minimum Gasteiger partial charge on any atom is -0.540 e. The molecule has 2 heterocycles. The first-order valence-electron chi connectivity index (χ1n) is 5.45. The molecule has 3 rings (SSSR count). The predicted octanol–water partition coefficient (Wildman–Crippen LogP) is -1.71. The number of aliphatic carboxylic acids is 1. The second kappa shape index (κ2) is 3.73. The van der Waals surface area contributed by atoms with Crippen molar-refractivity contribution in [1.29, 1.82) is 0 Å². The third-order valence-corrected chi connectivity index (χ3v) is 2.78. The summed E-state index contributed by atoms with van der Waals surface area (Å²) in [6, 6.07) is 12.3. The fraction of sp³-hybridized carbons (Fsp3) is 0.0769. The van der Waals surface area contributed by atoms with Gasteiger partial charge in [0, 0.05) is 12.1 Å². The van der Waals surface area contributed by atoms with Gasteiger partial charge in [-0.25, -0.2) is 0 Å².